The van der Waals surface area contributed by atoms with Crippen LogP contribution in [0.15, 0.2) is 47.3 Å². The number of carbonyl (C=O) groups is 3. The molecule has 0 aliphatic heterocycles. The van der Waals surface area contributed by atoms with Crippen molar-refractivity contribution in [3.05, 3.63) is 63.9 Å². The van der Waals surface area contributed by atoms with Crippen LogP contribution in [0.3, 0.4) is 0 Å². The third kappa shape index (κ3) is 7.29. The number of hydrogen-bond donors (Lipinski definition) is 3. The van der Waals surface area contributed by atoms with Gasteiger partial charge in [0.1, 0.15) is 6.04 Å². The van der Waals surface area contributed by atoms with E-state index in [4.69, 9.17) is 15.2 Å². The lowest BCUT2D eigenvalue weighted by atomic mass is 10.1. The molecular weight excluding hydrogens is 478 g/mol. The van der Waals surface area contributed by atoms with Gasteiger partial charge in [-0.3, -0.25) is 19.4 Å². The van der Waals surface area contributed by atoms with Gasteiger partial charge in [0.2, 0.25) is 5.95 Å². The van der Waals surface area contributed by atoms with Crippen molar-refractivity contribution in [1.29, 1.82) is 0 Å². The number of amides is 1. The fourth-order valence-electron chi connectivity index (χ4n) is 3.76. The van der Waals surface area contributed by atoms with E-state index in [9.17, 15) is 19.2 Å². The Hall–Kier alpha value is -4.41. The Bertz CT molecular complexity index is 1320. The molecular formula is C26H31N5O6. The molecule has 37 heavy (non-hydrogen) atoms. The summed E-state index contributed by atoms with van der Waals surface area (Å²) in [5, 5.41) is 3.10. The van der Waals surface area contributed by atoms with Gasteiger partial charge >= 0.3 is 11.9 Å². The highest BCUT2D eigenvalue weighted by Gasteiger charge is 2.24. The van der Waals surface area contributed by atoms with Crippen molar-refractivity contribution in [2.75, 3.05) is 30.9 Å². The molecule has 0 saturated heterocycles. The van der Waals surface area contributed by atoms with E-state index in [0.29, 0.717) is 23.0 Å². The Morgan fingerprint density at radius 1 is 1.08 bits per heavy atom. The summed E-state index contributed by atoms with van der Waals surface area (Å²) >= 11 is 0. The second-order valence-electron chi connectivity index (χ2n) is 8.33. The SMILES string of the molecule is CCOC(=O)CCC(NC(=O)c1ccc(N(C)Cc2ccc3nc(N)[nH]c(=O)c3c2)cc1)C(=O)OCC. The number of nitrogens with zero attached hydrogens (tertiary/aromatic N) is 2. The van der Waals surface area contributed by atoms with Gasteiger partial charge in [0, 0.05) is 31.3 Å². The molecule has 1 unspecified atom stereocenters. The predicted octanol–water partition coefficient (Wildman–Crippen LogP) is 2.15. The third-order valence-electron chi connectivity index (χ3n) is 5.60. The molecule has 3 rings (SSSR count). The Morgan fingerprint density at radius 3 is 2.46 bits per heavy atom. The number of anilines is 2. The lowest BCUT2D eigenvalue weighted by Gasteiger charge is -2.20. The maximum atomic E-state index is 12.8. The highest BCUT2D eigenvalue weighted by molar-refractivity contribution is 5.97. The van der Waals surface area contributed by atoms with E-state index in [0.717, 1.165) is 11.3 Å². The van der Waals surface area contributed by atoms with Crippen molar-refractivity contribution >= 4 is 40.4 Å². The van der Waals surface area contributed by atoms with Gasteiger partial charge in [-0.05, 0) is 62.2 Å². The molecule has 1 heterocycles. The fraction of sp³-hybridized carbons (Fsp3) is 0.346. The topological polar surface area (TPSA) is 157 Å². The molecule has 0 saturated carbocycles. The van der Waals surface area contributed by atoms with Crippen LogP contribution in [-0.2, 0) is 25.6 Å². The van der Waals surface area contributed by atoms with Crippen LogP contribution in [0.2, 0.25) is 0 Å². The Balaban J connectivity index is 1.66. The highest BCUT2D eigenvalue weighted by Crippen LogP contribution is 2.19. The summed E-state index contributed by atoms with van der Waals surface area (Å²) in [6.07, 6.45) is 0.0480. The number of H-pyrrole nitrogens is 1. The molecule has 4 N–H and O–H groups in total. The fourth-order valence-corrected chi connectivity index (χ4v) is 3.76. The van der Waals surface area contributed by atoms with E-state index < -0.39 is 23.9 Å². The number of nitrogen functional groups attached to an aromatic ring is 1. The second-order valence-corrected chi connectivity index (χ2v) is 8.33. The number of nitrogens with one attached hydrogen (secondary N) is 2. The zero-order valence-corrected chi connectivity index (χ0v) is 21.1. The molecule has 11 heteroatoms. The summed E-state index contributed by atoms with van der Waals surface area (Å²) in [7, 11) is 1.89. The lowest BCUT2D eigenvalue weighted by molar-refractivity contribution is -0.146. The van der Waals surface area contributed by atoms with Crippen molar-refractivity contribution in [2.24, 2.45) is 0 Å². The Kier molecular flexibility index (Phi) is 9.20. The number of benzene rings is 2. The van der Waals surface area contributed by atoms with Crippen LogP contribution in [0.1, 0.15) is 42.6 Å². The van der Waals surface area contributed by atoms with Gasteiger partial charge < -0.3 is 25.4 Å². The minimum atomic E-state index is -0.972. The van der Waals surface area contributed by atoms with Crippen LogP contribution >= 0.6 is 0 Å². The normalized spacial score (nSPS) is 11.5. The summed E-state index contributed by atoms with van der Waals surface area (Å²) in [6.45, 7) is 4.26. The number of fused-ring (bicyclic) bond motifs is 1. The van der Waals surface area contributed by atoms with Crippen LogP contribution in [0.4, 0.5) is 11.6 Å². The van der Waals surface area contributed by atoms with Gasteiger partial charge in [-0.2, -0.15) is 0 Å². The summed E-state index contributed by atoms with van der Waals surface area (Å²) in [6, 6.07) is 11.3. The molecule has 1 atom stereocenters. The zero-order valence-electron chi connectivity index (χ0n) is 21.1. The smallest absolute Gasteiger partial charge is 0.328 e. The minimum absolute atomic E-state index is 0.0224. The summed E-state index contributed by atoms with van der Waals surface area (Å²) < 4.78 is 9.93. The van der Waals surface area contributed by atoms with E-state index in [-0.39, 0.29) is 37.6 Å². The number of ether oxygens (including phenoxy) is 2. The quantitative estimate of drug-likeness (QED) is 0.329. The van der Waals surface area contributed by atoms with Crippen molar-refractivity contribution in [1.82, 2.24) is 15.3 Å². The number of esters is 2. The number of hydrogen-bond acceptors (Lipinski definition) is 9. The average molecular weight is 510 g/mol. The largest absolute Gasteiger partial charge is 0.466 e. The van der Waals surface area contributed by atoms with Crippen LogP contribution in [-0.4, -0.2) is 54.1 Å². The molecule has 11 nitrogen and oxygen atoms in total. The number of rotatable bonds is 11. The molecule has 0 spiro atoms. The molecule has 0 aliphatic carbocycles. The van der Waals surface area contributed by atoms with E-state index >= 15 is 0 Å². The third-order valence-corrected chi connectivity index (χ3v) is 5.60. The van der Waals surface area contributed by atoms with Crippen LogP contribution in [0.25, 0.3) is 10.9 Å². The van der Waals surface area contributed by atoms with Gasteiger partial charge in [0.05, 0.1) is 24.1 Å². The van der Waals surface area contributed by atoms with Crippen LogP contribution < -0.4 is 21.5 Å². The number of aromatic amines is 1. The maximum Gasteiger partial charge on any atom is 0.328 e. The molecule has 0 fully saturated rings. The van der Waals surface area contributed by atoms with Gasteiger partial charge in [-0.1, -0.05) is 6.07 Å². The first-order valence-corrected chi connectivity index (χ1v) is 11.9. The monoisotopic (exact) mass is 509 g/mol. The highest BCUT2D eigenvalue weighted by atomic mass is 16.5. The first-order chi connectivity index (χ1) is 17.7. The number of carbonyl (C=O) groups excluding carboxylic acids is 3. The summed E-state index contributed by atoms with van der Waals surface area (Å²) in [5.41, 5.74) is 7.91. The Morgan fingerprint density at radius 2 is 1.78 bits per heavy atom. The Labute approximate surface area is 214 Å². The molecule has 0 radical (unpaired) electrons. The van der Waals surface area contributed by atoms with Gasteiger partial charge in [0.15, 0.2) is 0 Å². The second kappa shape index (κ2) is 12.5. The summed E-state index contributed by atoms with van der Waals surface area (Å²) in [4.78, 5) is 57.5. The molecule has 1 aromatic heterocycles. The van der Waals surface area contributed by atoms with Gasteiger partial charge in [0.25, 0.3) is 11.5 Å². The molecule has 196 valence electrons. The molecule has 0 bridgehead atoms. The van der Waals surface area contributed by atoms with Crippen LogP contribution in [0.5, 0.6) is 0 Å². The van der Waals surface area contributed by atoms with Gasteiger partial charge in [-0.15, -0.1) is 0 Å². The summed E-state index contributed by atoms with van der Waals surface area (Å²) in [5.74, 6) is -1.45. The molecule has 3 aromatic rings. The maximum absolute atomic E-state index is 12.8. The van der Waals surface area contributed by atoms with Crippen molar-refractivity contribution in [3.63, 3.8) is 0 Å². The number of aromatic nitrogens is 2. The lowest BCUT2D eigenvalue weighted by Crippen LogP contribution is -2.42. The number of nitrogens with two attached hydrogens (primary N) is 1. The first-order valence-electron chi connectivity index (χ1n) is 11.9. The van der Waals surface area contributed by atoms with E-state index in [1.165, 1.54) is 0 Å². The van der Waals surface area contributed by atoms with E-state index in [1.807, 2.05) is 18.0 Å². The van der Waals surface area contributed by atoms with Crippen LogP contribution in [0, 0.1) is 0 Å². The van der Waals surface area contributed by atoms with E-state index in [1.54, 1.807) is 50.2 Å². The molecule has 0 aliphatic rings. The van der Waals surface area contributed by atoms with Crippen molar-refractivity contribution < 1.29 is 23.9 Å². The minimum Gasteiger partial charge on any atom is -0.466 e. The van der Waals surface area contributed by atoms with Crippen molar-refractivity contribution in [2.45, 2.75) is 39.3 Å². The standard InChI is InChI=1S/C26H31N5O6/c1-4-36-22(32)13-12-21(25(35)37-5-2)28-23(33)17-7-9-18(10-8-17)31(3)15-16-6-11-20-19(14-16)24(34)30-26(27)29-20/h6-11,14,21H,4-5,12-13,15H2,1-3H3,(H,28,33)(H3,27,29,30,34). The van der Waals surface area contributed by atoms with E-state index in [2.05, 4.69) is 15.3 Å². The van der Waals surface area contributed by atoms with Crippen molar-refractivity contribution in [3.8, 4) is 0 Å². The molecule has 1 amide bonds. The molecule has 2 aromatic carbocycles. The zero-order chi connectivity index (χ0) is 26.9. The van der Waals surface area contributed by atoms with Gasteiger partial charge in [-0.25, -0.2) is 9.78 Å². The first kappa shape index (κ1) is 27.2. The average Bonchev–Trinajstić information content (AvgIpc) is 2.87. The predicted molar refractivity (Wildman–Crippen MR) is 139 cm³/mol.